The monoisotopic (exact) mass is 288 g/mol. The van der Waals surface area contributed by atoms with E-state index in [0.29, 0.717) is 24.4 Å². The Labute approximate surface area is 120 Å². The van der Waals surface area contributed by atoms with Crippen LogP contribution in [0, 0.1) is 5.82 Å². The number of rotatable bonds is 4. The summed E-state index contributed by atoms with van der Waals surface area (Å²) in [6, 6.07) is 9.45. The highest BCUT2D eigenvalue weighted by Crippen LogP contribution is 2.17. The van der Waals surface area contributed by atoms with Gasteiger partial charge in [-0.05, 0) is 29.8 Å². The summed E-state index contributed by atoms with van der Waals surface area (Å²) in [5.41, 5.74) is 1.38. The van der Waals surface area contributed by atoms with Crippen molar-refractivity contribution in [3.63, 3.8) is 0 Å². The van der Waals surface area contributed by atoms with Gasteiger partial charge in [0.2, 0.25) is 6.10 Å². The molecular formula is C15H13FN2O3. The number of halogens is 1. The maximum absolute atomic E-state index is 12.9. The molecule has 108 valence electrons. The van der Waals surface area contributed by atoms with Crippen LogP contribution < -0.4 is 5.32 Å². The molecule has 1 aromatic heterocycles. The summed E-state index contributed by atoms with van der Waals surface area (Å²) in [4.78, 5) is 17.1. The Morgan fingerprint density at radius 3 is 2.86 bits per heavy atom. The fraction of sp³-hybridized carbons (Fsp3) is 0.200. The van der Waals surface area contributed by atoms with Crippen molar-refractivity contribution in [1.29, 1.82) is 0 Å². The van der Waals surface area contributed by atoms with E-state index in [1.165, 1.54) is 12.1 Å². The number of benzene rings is 1. The number of nitrogens with zero attached hydrogens (tertiary/aromatic N) is 1. The average molecular weight is 288 g/mol. The number of carbonyl (C=O) groups excluding carboxylic acids is 1. The molecule has 5 nitrogen and oxygen atoms in total. The first kappa shape index (κ1) is 13.4. The standard InChI is InChI=1S/C15H13FN2O3/c16-11-5-3-10(4-6-11)13-8-14(21-18-13)15(19)17-9-12-2-1-7-20-12/h1-7,14H,8-9H2,(H,17,19)/t14-/m1/s1. The van der Waals surface area contributed by atoms with E-state index in [1.54, 1.807) is 30.5 Å². The second kappa shape index (κ2) is 5.78. The third kappa shape index (κ3) is 3.10. The first-order valence-corrected chi connectivity index (χ1v) is 6.51. The van der Waals surface area contributed by atoms with E-state index < -0.39 is 6.10 Å². The molecule has 0 bridgehead atoms. The molecule has 2 aromatic rings. The molecule has 0 saturated heterocycles. The summed E-state index contributed by atoms with van der Waals surface area (Å²) < 4.78 is 18.0. The van der Waals surface area contributed by atoms with Crippen molar-refractivity contribution >= 4 is 11.6 Å². The van der Waals surface area contributed by atoms with Crippen molar-refractivity contribution < 1.29 is 18.4 Å². The number of nitrogens with one attached hydrogen (secondary N) is 1. The minimum atomic E-state index is -0.667. The van der Waals surface area contributed by atoms with Gasteiger partial charge in [0.1, 0.15) is 11.6 Å². The van der Waals surface area contributed by atoms with Gasteiger partial charge < -0.3 is 14.6 Å². The Morgan fingerprint density at radius 2 is 2.14 bits per heavy atom. The molecule has 21 heavy (non-hydrogen) atoms. The topological polar surface area (TPSA) is 63.8 Å². The van der Waals surface area contributed by atoms with Gasteiger partial charge in [0, 0.05) is 6.42 Å². The average Bonchev–Trinajstić information content (AvgIpc) is 3.17. The minimum Gasteiger partial charge on any atom is -0.467 e. The zero-order valence-electron chi connectivity index (χ0n) is 11.1. The molecule has 0 aliphatic carbocycles. The van der Waals surface area contributed by atoms with Crippen LogP contribution in [0.3, 0.4) is 0 Å². The van der Waals surface area contributed by atoms with Gasteiger partial charge in [-0.1, -0.05) is 17.3 Å². The molecule has 0 fully saturated rings. The lowest BCUT2D eigenvalue weighted by atomic mass is 10.0. The smallest absolute Gasteiger partial charge is 0.264 e. The van der Waals surface area contributed by atoms with E-state index in [2.05, 4.69) is 10.5 Å². The van der Waals surface area contributed by atoms with Crippen LogP contribution in [0.15, 0.2) is 52.2 Å². The first-order chi connectivity index (χ1) is 10.2. The molecule has 1 N–H and O–H groups in total. The zero-order valence-corrected chi connectivity index (χ0v) is 11.1. The van der Waals surface area contributed by atoms with Crippen LogP contribution in [-0.4, -0.2) is 17.7 Å². The summed E-state index contributed by atoms with van der Waals surface area (Å²) in [6.45, 7) is 0.303. The molecule has 1 aliphatic rings. The van der Waals surface area contributed by atoms with Gasteiger partial charge in [0.15, 0.2) is 0 Å². The number of furan rings is 1. The van der Waals surface area contributed by atoms with Crippen molar-refractivity contribution in [2.45, 2.75) is 19.1 Å². The maximum Gasteiger partial charge on any atom is 0.264 e. The summed E-state index contributed by atoms with van der Waals surface area (Å²) in [7, 11) is 0. The number of amides is 1. The van der Waals surface area contributed by atoms with Crippen molar-refractivity contribution in [3.05, 3.63) is 59.8 Å². The predicted octanol–water partition coefficient (Wildman–Crippen LogP) is 2.23. The lowest BCUT2D eigenvalue weighted by molar-refractivity contribution is -0.131. The molecule has 0 unspecified atom stereocenters. The molecular weight excluding hydrogens is 275 g/mol. The van der Waals surface area contributed by atoms with Gasteiger partial charge in [-0.25, -0.2) is 4.39 Å². The summed E-state index contributed by atoms with van der Waals surface area (Å²) in [6.07, 6.45) is 1.24. The maximum atomic E-state index is 12.9. The Kier molecular flexibility index (Phi) is 3.68. The number of hydrogen-bond donors (Lipinski definition) is 1. The van der Waals surface area contributed by atoms with Crippen LogP contribution in [0.5, 0.6) is 0 Å². The van der Waals surface area contributed by atoms with Crippen LogP contribution in [0.2, 0.25) is 0 Å². The van der Waals surface area contributed by atoms with E-state index in [-0.39, 0.29) is 11.7 Å². The van der Waals surface area contributed by atoms with E-state index >= 15 is 0 Å². The fourth-order valence-corrected chi connectivity index (χ4v) is 2.03. The molecule has 1 atom stereocenters. The molecule has 3 rings (SSSR count). The van der Waals surface area contributed by atoms with E-state index in [1.807, 2.05) is 0 Å². The zero-order chi connectivity index (χ0) is 14.7. The molecule has 0 radical (unpaired) electrons. The fourth-order valence-electron chi connectivity index (χ4n) is 2.03. The van der Waals surface area contributed by atoms with Crippen LogP contribution in [-0.2, 0) is 16.2 Å². The van der Waals surface area contributed by atoms with Gasteiger partial charge in [0.05, 0.1) is 18.5 Å². The second-order valence-corrected chi connectivity index (χ2v) is 4.64. The normalized spacial score (nSPS) is 17.2. The van der Waals surface area contributed by atoms with E-state index in [9.17, 15) is 9.18 Å². The van der Waals surface area contributed by atoms with Crippen LogP contribution in [0.1, 0.15) is 17.7 Å². The van der Waals surface area contributed by atoms with Gasteiger partial charge in [-0.2, -0.15) is 0 Å². The van der Waals surface area contributed by atoms with Crippen LogP contribution >= 0.6 is 0 Å². The quantitative estimate of drug-likeness (QED) is 0.938. The van der Waals surface area contributed by atoms with Crippen molar-refractivity contribution in [2.24, 2.45) is 5.16 Å². The van der Waals surface area contributed by atoms with Crippen molar-refractivity contribution in [2.75, 3.05) is 0 Å². The van der Waals surface area contributed by atoms with Gasteiger partial charge in [0.25, 0.3) is 5.91 Å². The largest absolute Gasteiger partial charge is 0.467 e. The second-order valence-electron chi connectivity index (χ2n) is 4.64. The number of carbonyl (C=O) groups is 1. The molecule has 1 amide bonds. The molecule has 1 aliphatic heterocycles. The summed E-state index contributed by atoms with van der Waals surface area (Å²) in [5, 5.41) is 6.61. The van der Waals surface area contributed by atoms with Crippen LogP contribution in [0.25, 0.3) is 0 Å². The molecule has 1 aromatic carbocycles. The molecule has 2 heterocycles. The summed E-state index contributed by atoms with van der Waals surface area (Å²) in [5.74, 6) is 0.0966. The SMILES string of the molecule is O=C(NCc1ccco1)[C@H]1CC(c2ccc(F)cc2)=NO1. The first-order valence-electron chi connectivity index (χ1n) is 6.51. The Balaban J connectivity index is 1.55. The lowest BCUT2D eigenvalue weighted by Crippen LogP contribution is -2.34. The number of hydrogen-bond acceptors (Lipinski definition) is 4. The van der Waals surface area contributed by atoms with Crippen molar-refractivity contribution in [1.82, 2.24) is 5.32 Å². The Bertz CT molecular complexity index is 650. The van der Waals surface area contributed by atoms with E-state index in [4.69, 9.17) is 9.25 Å². The number of oxime groups is 1. The third-order valence-corrected chi connectivity index (χ3v) is 3.16. The van der Waals surface area contributed by atoms with Gasteiger partial charge in [-0.3, -0.25) is 4.79 Å². The van der Waals surface area contributed by atoms with Crippen LogP contribution in [0.4, 0.5) is 4.39 Å². The highest BCUT2D eigenvalue weighted by molar-refractivity contribution is 6.04. The van der Waals surface area contributed by atoms with Gasteiger partial charge in [-0.15, -0.1) is 0 Å². The molecule has 0 saturated carbocycles. The Morgan fingerprint density at radius 1 is 1.33 bits per heavy atom. The highest BCUT2D eigenvalue weighted by atomic mass is 19.1. The molecule has 6 heteroatoms. The Hall–Kier alpha value is -2.63. The third-order valence-electron chi connectivity index (χ3n) is 3.16. The minimum absolute atomic E-state index is 0.257. The molecule has 0 spiro atoms. The van der Waals surface area contributed by atoms with Crippen molar-refractivity contribution in [3.8, 4) is 0 Å². The van der Waals surface area contributed by atoms with E-state index in [0.717, 1.165) is 5.56 Å². The van der Waals surface area contributed by atoms with Gasteiger partial charge >= 0.3 is 0 Å². The highest BCUT2D eigenvalue weighted by Gasteiger charge is 2.28. The summed E-state index contributed by atoms with van der Waals surface area (Å²) >= 11 is 0. The lowest BCUT2D eigenvalue weighted by Gasteiger charge is -2.08. The predicted molar refractivity (Wildman–Crippen MR) is 73.0 cm³/mol.